The summed E-state index contributed by atoms with van der Waals surface area (Å²) in [4.78, 5) is 11.6. The van der Waals surface area contributed by atoms with Crippen molar-refractivity contribution >= 4 is 16.0 Å². The quantitative estimate of drug-likeness (QED) is 0.818. The molecule has 0 atom stereocenters. The molecule has 0 radical (unpaired) electrons. The van der Waals surface area contributed by atoms with Gasteiger partial charge in [-0.15, -0.1) is 0 Å². The third kappa shape index (κ3) is 4.31. The summed E-state index contributed by atoms with van der Waals surface area (Å²) >= 11 is 0. The van der Waals surface area contributed by atoms with E-state index in [1.807, 2.05) is 20.8 Å². The van der Waals surface area contributed by atoms with Crippen molar-refractivity contribution in [1.29, 1.82) is 0 Å². The fourth-order valence-electron chi connectivity index (χ4n) is 1.48. The van der Waals surface area contributed by atoms with Crippen LogP contribution in [0.25, 0.3) is 0 Å². The number of esters is 1. The van der Waals surface area contributed by atoms with Crippen molar-refractivity contribution in [2.24, 2.45) is 0 Å². The van der Waals surface area contributed by atoms with Crippen LogP contribution in [0.1, 0.15) is 44.5 Å². The molecular formula is C14H21NO4S. The summed E-state index contributed by atoms with van der Waals surface area (Å²) in [7, 11) is -3.59. The molecule has 0 bridgehead atoms. The number of hydrogen-bond acceptors (Lipinski definition) is 4. The third-order valence-electron chi connectivity index (χ3n) is 2.97. The Hall–Kier alpha value is -1.40. The first-order valence-corrected chi connectivity index (χ1v) is 8.01. The van der Waals surface area contributed by atoms with Crippen LogP contribution in [0.5, 0.6) is 0 Å². The van der Waals surface area contributed by atoms with Gasteiger partial charge in [-0.1, -0.05) is 6.92 Å². The smallest absolute Gasteiger partial charge is 0.338 e. The largest absolute Gasteiger partial charge is 0.462 e. The zero-order valence-electron chi connectivity index (χ0n) is 12.3. The summed E-state index contributed by atoms with van der Waals surface area (Å²) in [6.45, 7) is 7.54. The summed E-state index contributed by atoms with van der Waals surface area (Å²) in [6, 6.07) is 5.71. The second-order valence-electron chi connectivity index (χ2n) is 5.09. The number of ether oxygens (including phenoxy) is 1. The average molecular weight is 299 g/mol. The normalized spacial score (nSPS) is 12.2. The van der Waals surface area contributed by atoms with Crippen LogP contribution in [0.3, 0.4) is 0 Å². The van der Waals surface area contributed by atoms with Crippen molar-refractivity contribution in [1.82, 2.24) is 4.72 Å². The molecule has 1 N–H and O–H groups in total. The first-order valence-electron chi connectivity index (χ1n) is 6.53. The molecule has 0 heterocycles. The van der Waals surface area contributed by atoms with E-state index in [0.29, 0.717) is 12.0 Å². The molecule has 0 fully saturated rings. The van der Waals surface area contributed by atoms with Gasteiger partial charge < -0.3 is 4.74 Å². The molecule has 0 aliphatic heterocycles. The minimum Gasteiger partial charge on any atom is -0.462 e. The lowest BCUT2D eigenvalue weighted by Crippen LogP contribution is -2.42. The van der Waals surface area contributed by atoms with Crippen molar-refractivity contribution in [3.63, 3.8) is 0 Å². The van der Waals surface area contributed by atoms with Crippen LogP contribution in [0.4, 0.5) is 0 Å². The van der Waals surface area contributed by atoms with E-state index in [0.717, 1.165) is 0 Å². The molecule has 0 aliphatic carbocycles. The molecule has 6 heteroatoms. The van der Waals surface area contributed by atoms with E-state index in [4.69, 9.17) is 4.74 Å². The van der Waals surface area contributed by atoms with Gasteiger partial charge in [0.1, 0.15) is 0 Å². The molecule has 0 saturated carbocycles. The second-order valence-corrected chi connectivity index (χ2v) is 6.77. The van der Waals surface area contributed by atoms with Gasteiger partial charge in [-0.2, -0.15) is 0 Å². The minimum absolute atomic E-state index is 0.132. The van der Waals surface area contributed by atoms with Crippen LogP contribution in [0.2, 0.25) is 0 Å². The molecule has 0 aliphatic rings. The van der Waals surface area contributed by atoms with Gasteiger partial charge in [0.2, 0.25) is 10.0 Å². The van der Waals surface area contributed by atoms with Crippen molar-refractivity contribution < 1.29 is 17.9 Å². The van der Waals surface area contributed by atoms with Gasteiger partial charge in [0.25, 0.3) is 0 Å². The SMILES string of the molecule is CCOC(=O)c1ccc(S(=O)(=O)NC(C)(C)CC)cc1. The van der Waals surface area contributed by atoms with Crippen molar-refractivity contribution in [2.75, 3.05) is 6.61 Å². The fourth-order valence-corrected chi connectivity index (χ4v) is 2.96. The predicted octanol–water partition coefficient (Wildman–Crippen LogP) is 2.33. The number of sulfonamides is 1. The highest BCUT2D eigenvalue weighted by Crippen LogP contribution is 2.16. The Morgan fingerprint density at radius 2 is 1.75 bits per heavy atom. The Morgan fingerprint density at radius 3 is 2.20 bits per heavy atom. The molecule has 0 amide bonds. The van der Waals surface area contributed by atoms with Crippen LogP contribution < -0.4 is 4.72 Å². The number of nitrogens with one attached hydrogen (secondary N) is 1. The zero-order valence-corrected chi connectivity index (χ0v) is 13.1. The Morgan fingerprint density at radius 1 is 1.20 bits per heavy atom. The van der Waals surface area contributed by atoms with E-state index in [2.05, 4.69) is 4.72 Å². The van der Waals surface area contributed by atoms with Crippen molar-refractivity contribution in [3.05, 3.63) is 29.8 Å². The van der Waals surface area contributed by atoms with Crippen LogP contribution in [-0.2, 0) is 14.8 Å². The van der Waals surface area contributed by atoms with E-state index in [1.54, 1.807) is 6.92 Å². The summed E-state index contributed by atoms with van der Waals surface area (Å²) < 4.78 is 31.8. The standard InChI is InChI=1S/C14H21NO4S/c1-5-14(3,4)15-20(17,18)12-9-7-11(8-10-12)13(16)19-6-2/h7-10,15H,5-6H2,1-4H3. The average Bonchev–Trinajstić information content (AvgIpc) is 2.38. The Bertz CT molecular complexity index is 561. The maximum Gasteiger partial charge on any atom is 0.338 e. The van der Waals surface area contributed by atoms with Crippen LogP contribution in [-0.4, -0.2) is 26.5 Å². The highest BCUT2D eigenvalue weighted by Gasteiger charge is 2.24. The number of benzene rings is 1. The molecule has 0 saturated heterocycles. The summed E-state index contributed by atoms with van der Waals surface area (Å²) in [5.74, 6) is -0.460. The molecule has 0 aromatic heterocycles. The van der Waals surface area contributed by atoms with Crippen LogP contribution in [0, 0.1) is 0 Å². The lowest BCUT2D eigenvalue weighted by molar-refractivity contribution is 0.0526. The summed E-state index contributed by atoms with van der Waals surface area (Å²) in [6.07, 6.45) is 0.674. The Kier molecular flexibility index (Phi) is 5.30. The van der Waals surface area contributed by atoms with E-state index in [1.165, 1.54) is 24.3 Å². The molecule has 1 aromatic carbocycles. The maximum atomic E-state index is 12.2. The third-order valence-corrected chi connectivity index (χ3v) is 4.68. The van der Waals surface area contributed by atoms with Gasteiger partial charge in [-0.05, 0) is 51.5 Å². The summed E-state index contributed by atoms with van der Waals surface area (Å²) in [5.41, 5.74) is -0.181. The molecule has 1 aromatic rings. The van der Waals surface area contributed by atoms with E-state index in [-0.39, 0.29) is 11.5 Å². The molecule has 112 valence electrons. The molecular weight excluding hydrogens is 278 g/mol. The maximum absolute atomic E-state index is 12.2. The first kappa shape index (κ1) is 16.7. The lowest BCUT2D eigenvalue weighted by Gasteiger charge is -2.24. The highest BCUT2D eigenvalue weighted by atomic mass is 32.2. The van der Waals surface area contributed by atoms with E-state index >= 15 is 0 Å². The van der Waals surface area contributed by atoms with Crippen molar-refractivity contribution in [2.45, 2.75) is 44.6 Å². The van der Waals surface area contributed by atoms with Gasteiger partial charge >= 0.3 is 5.97 Å². The van der Waals surface area contributed by atoms with Crippen LogP contribution >= 0.6 is 0 Å². The molecule has 20 heavy (non-hydrogen) atoms. The van der Waals surface area contributed by atoms with Gasteiger partial charge in [-0.25, -0.2) is 17.9 Å². The predicted molar refractivity (Wildman–Crippen MR) is 77.1 cm³/mol. The van der Waals surface area contributed by atoms with E-state index in [9.17, 15) is 13.2 Å². The second kappa shape index (κ2) is 6.37. The summed E-state index contributed by atoms with van der Waals surface area (Å²) in [5, 5.41) is 0. The molecule has 0 spiro atoms. The number of carbonyl (C=O) groups is 1. The van der Waals surface area contributed by atoms with Crippen molar-refractivity contribution in [3.8, 4) is 0 Å². The van der Waals surface area contributed by atoms with Gasteiger partial charge in [0, 0.05) is 5.54 Å². The highest BCUT2D eigenvalue weighted by molar-refractivity contribution is 7.89. The fraction of sp³-hybridized carbons (Fsp3) is 0.500. The number of hydrogen-bond donors (Lipinski definition) is 1. The number of carbonyl (C=O) groups excluding carboxylic acids is 1. The van der Waals surface area contributed by atoms with Gasteiger partial charge in [0.15, 0.2) is 0 Å². The monoisotopic (exact) mass is 299 g/mol. The van der Waals surface area contributed by atoms with Gasteiger partial charge in [-0.3, -0.25) is 0 Å². The van der Waals surface area contributed by atoms with Gasteiger partial charge in [0.05, 0.1) is 17.1 Å². The first-order chi connectivity index (χ1) is 9.22. The molecule has 0 unspecified atom stereocenters. The zero-order chi connectivity index (χ0) is 15.4. The lowest BCUT2D eigenvalue weighted by atomic mass is 10.0. The Labute approximate surface area is 120 Å². The number of rotatable bonds is 6. The molecule has 5 nitrogen and oxygen atoms in total. The Balaban J connectivity index is 2.96. The van der Waals surface area contributed by atoms with E-state index < -0.39 is 21.5 Å². The topological polar surface area (TPSA) is 72.5 Å². The molecule has 1 rings (SSSR count). The van der Waals surface area contributed by atoms with Crippen LogP contribution in [0.15, 0.2) is 29.2 Å². The minimum atomic E-state index is -3.59.